The van der Waals surface area contributed by atoms with Crippen LogP contribution in [-0.2, 0) is 4.74 Å². The summed E-state index contributed by atoms with van der Waals surface area (Å²) in [5.41, 5.74) is 2.22. The van der Waals surface area contributed by atoms with Gasteiger partial charge in [0, 0.05) is 11.6 Å². The molecule has 4 heteroatoms. The third-order valence-corrected chi connectivity index (χ3v) is 2.58. The molecule has 0 bridgehead atoms. The Morgan fingerprint density at radius 3 is 2.71 bits per heavy atom. The Hall–Kier alpha value is -2.10. The van der Waals surface area contributed by atoms with Crippen LogP contribution in [0.2, 0.25) is 0 Å². The van der Waals surface area contributed by atoms with Gasteiger partial charge in [-0.15, -0.1) is 0 Å². The van der Waals surface area contributed by atoms with Crippen molar-refractivity contribution in [2.45, 2.75) is 6.92 Å². The first-order valence-corrected chi connectivity index (χ1v) is 5.19. The van der Waals surface area contributed by atoms with E-state index in [-0.39, 0.29) is 0 Å². The molecule has 0 aliphatic rings. The average molecular weight is 231 g/mol. The maximum Gasteiger partial charge on any atom is 0.343 e. The summed E-state index contributed by atoms with van der Waals surface area (Å²) in [5, 5.41) is 0.815. The van der Waals surface area contributed by atoms with Crippen LogP contribution in [0.25, 0.3) is 10.9 Å². The molecule has 0 N–H and O–H groups in total. The van der Waals surface area contributed by atoms with Gasteiger partial charge in [-0.2, -0.15) is 0 Å². The summed E-state index contributed by atoms with van der Waals surface area (Å²) in [6.45, 7) is 1.98. The third-order valence-electron chi connectivity index (χ3n) is 2.58. The first-order chi connectivity index (χ1) is 8.17. The van der Waals surface area contributed by atoms with Gasteiger partial charge in [-0.1, -0.05) is 11.6 Å². The van der Waals surface area contributed by atoms with Crippen LogP contribution in [0.3, 0.4) is 0 Å². The number of ether oxygens (including phenoxy) is 2. The molecule has 0 spiro atoms. The van der Waals surface area contributed by atoms with Crippen LogP contribution in [0.5, 0.6) is 5.75 Å². The highest BCUT2D eigenvalue weighted by molar-refractivity contribution is 5.99. The largest absolute Gasteiger partial charge is 0.495 e. The van der Waals surface area contributed by atoms with E-state index in [1.807, 2.05) is 25.1 Å². The molecule has 1 aromatic carbocycles. The van der Waals surface area contributed by atoms with Crippen molar-refractivity contribution in [1.29, 1.82) is 0 Å². The standard InChI is InChI=1S/C13H13NO3/c1-8-4-5-11-9(6-8)12(16-2)10(7-14-11)13(15)17-3/h4-7H,1-3H3. The molecule has 0 unspecified atom stereocenters. The Labute approximate surface area is 99.2 Å². The van der Waals surface area contributed by atoms with E-state index < -0.39 is 5.97 Å². The second-order valence-corrected chi connectivity index (χ2v) is 3.72. The normalized spacial score (nSPS) is 10.3. The zero-order valence-corrected chi connectivity index (χ0v) is 9.98. The van der Waals surface area contributed by atoms with Gasteiger partial charge in [0.25, 0.3) is 0 Å². The molecule has 0 aliphatic carbocycles. The lowest BCUT2D eigenvalue weighted by Crippen LogP contribution is -2.05. The first-order valence-electron chi connectivity index (χ1n) is 5.19. The van der Waals surface area contributed by atoms with Gasteiger partial charge >= 0.3 is 5.97 Å². The number of aryl methyl sites for hydroxylation is 1. The summed E-state index contributed by atoms with van der Waals surface area (Å²) in [6, 6.07) is 5.80. The molecule has 2 rings (SSSR count). The van der Waals surface area contributed by atoms with Gasteiger partial charge in [-0.25, -0.2) is 4.79 Å². The average Bonchev–Trinajstić information content (AvgIpc) is 2.36. The number of carbonyl (C=O) groups is 1. The summed E-state index contributed by atoms with van der Waals surface area (Å²) in [7, 11) is 2.87. The van der Waals surface area contributed by atoms with Crippen molar-refractivity contribution in [1.82, 2.24) is 4.98 Å². The van der Waals surface area contributed by atoms with Gasteiger partial charge in [0.2, 0.25) is 0 Å². The smallest absolute Gasteiger partial charge is 0.343 e. The van der Waals surface area contributed by atoms with Gasteiger partial charge < -0.3 is 9.47 Å². The van der Waals surface area contributed by atoms with Crippen molar-refractivity contribution < 1.29 is 14.3 Å². The number of hydrogen-bond acceptors (Lipinski definition) is 4. The van der Waals surface area contributed by atoms with Crippen molar-refractivity contribution in [2.75, 3.05) is 14.2 Å². The number of carbonyl (C=O) groups excluding carboxylic acids is 1. The molecule has 0 radical (unpaired) electrons. The molecule has 0 saturated carbocycles. The van der Waals surface area contributed by atoms with Crippen molar-refractivity contribution in [2.24, 2.45) is 0 Å². The lowest BCUT2D eigenvalue weighted by atomic mass is 10.1. The van der Waals surface area contributed by atoms with Gasteiger partial charge in [-0.3, -0.25) is 4.98 Å². The fourth-order valence-corrected chi connectivity index (χ4v) is 1.76. The second kappa shape index (κ2) is 4.41. The third kappa shape index (κ3) is 1.93. The van der Waals surface area contributed by atoms with Crippen LogP contribution >= 0.6 is 0 Å². The fraction of sp³-hybridized carbons (Fsp3) is 0.231. The minimum atomic E-state index is -0.447. The van der Waals surface area contributed by atoms with E-state index in [9.17, 15) is 4.79 Å². The predicted octanol–water partition coefficient (Wildman–Crippen LogP) is 2.34. The second-order valence-electron chi connectivity index (χ2n) is 3.72. The molecule has 0 saturated heterocycles. The zero-order chi connectivity index (χ0) is 12.4. The quantitative estimate of drug-likeness (QED) is 0.744. The number of nitrogens with zero attached hydrogens (tertiary/aromatic N) is 1. The maximum atomic E-state index is 11.6. The highest BCUT2D eigenvalue weighted by atomic mass is 16.5. The van der Waals surface area contributed by atoms with E-state index in [2.05, 4.69) is 4.98 Å². The Balaban J connectivity index is 2.76. The molecule has 17 heavy (non-hydrogen) atoms. The highest BCUT2D eigenvalue weighted by Gasteiger charge is 2.16. The number of methoxy groups -OCH3 is 2. The highest BCUT2D eigenvalue weighted by Crippen LogP contribution is 2.29. The summed E-state index contributed by atoms with van der Waals surface area (Å²) in [5.74, 6) is 0.0586. The first kappa shape index (κ1) is 11.4. The lowest BCUT2D eigenvalue weighted by Gasteiger charge is -2.10. The molecule has 0 amide bonds. The summed E-state index contributed by atoms with van der Waals surface area (Å²) >= 11 is 0. The van der Waals surface area contributed by atoms with Crippen molar-refractivity contribution in [3.63, 3.8) is 0 Å². The number of benzene rings is 1. The van der Waals surface area contributed by atoms with Crippen LogP contribution < -0.4 is 4.74 Å². The van der Waals surface area contributed by atoms with Crippen LogP contribution in [-0.4, -0.2) is 25.2 Å². The number of pyridine rings is 1. The molecule has 0 atom stereocenters. The van der Waals surface area contributed by atoms with Crippen LogP contribution in [0, 0.1) is 6.92 Å². The summed E-state index contributed by atoms with van der Waals surface area (Å²) < 4.78 is 9.99. The maximum absolute atomic E-state index is 11.6. The van der Waals surface area contributed by atoms with E-state index in [0.29, 0.717) is 11.3 Å². The zero-order valence-electron chi connectivity index (χ0n) is 9.98. The molecule has 88 valence electrons. The van der Waals surface area contributed by atoms with Gasteiger partial charge in [0.05, 0.1) is 19.7 Å². The molecule has 1 aromatic heterocycles. The van der Waals surface area contributed by atoms with Crippen LogP contribution in [0.4, 0.5) is 0 Å². The Kier molecular flexibility index (Phi) is 2.95. The Morgan fingerprint density at radius 1 is 1.29 bits per heavy atom. The number of aromatic nitrogens is 1. The van der Waals surface area contributed by atoms with Crippen molar-refractivity contribution in [3.8, 4) is 5.75 Å². The number of hydrogen-bond donors (Lipinski definition) is 0. The SMILES string of the molecule is COC(=O)c1cnc2ccc(C)cc2c1OC. The fourth-order valence-electron chi connectivity index (χ4n) is 1.76. The molecule has 0 fully saturated rings. The summed E-state index contributed by atoms with van der Waals surface area (Å²) in [6.07, 6.45) is 1.47. The van der Waals surface area contributed by atoms with Gasteiger partial charge in [-0.05, 0) is 19.1 Å². The molecular formula is C13H13NO3. The predicted molar refractivity (Wildman–Crippen MR) is 64.4 cm³/mol. The molecule has 4 nitrogen and oxygen atoms in total. The van der Waals surface area contributed by atoms with Gasteiger partial charge in [0.15, 0.2) is 0 Å². The van der Waals surface area contributed by atoms with Crippen molar-refractivity contribution >= 4 is 16.9 Å². The topological polar surface area (TPSA) is 48.4 Å². The van der Waals surface area contributed by atoms with E-state index in [1.54, 1.807) is 0 Å². The lowest BCUT2D eigenvalue weighted by molar-refractivity contribution is 0.0597. The van der Waals surface area contributed by atoms with E-state index in [1.165, 1.54) is 20.4 Å². The van der Waals surface area contributed by atoms with Gasteiger partial charge in [0.1, 0.15) is 11.3 Å². The minimum Gasteiger partial charge on any atom is -0.495 e. The van der Waals surface area contributed by atoms with Crippen LogP contribution in [0.1, 0.15) is 15.9 Å². The van der Waals surface area contributed by atoms with E-state index >= 15 is 0 Å². The number of fused-ring (bicyclic) bond motifs is 1. The number of esters is 1. The van der Waals surface area contributed by atoms with E-state index in [0.717, 1.165) is 16.5 Å². The van der Waals surface area contributed by atoms with Crippen molar-refractivity contribution in [3.05, 3.63) is 35.5 Å². The minimum absolute atomic E-state index is 0.341. The monoisotopic (exact) mass is 231 g/mol. The Morgan fingerprint density at radius 2 is 2.06 bits per heavy atom. The number of rotatable bonds is 2. The Bertz CT molecular complexity index is 578. The van der Waals surface area contributed by atoms with Crippen LogP contribution in [0.15, 0.2) is 24.4 Å². The molecule has 0 aliphatic heterocycles. The molecular weight excluding hydrogens is 218 g/mol. The molecule has 2 aromatic rings. The summed E-state index contributed by atoms with van der Waals surface area (Å²) in [4.78, 5) is 15.8. The molecule has 1 heterocycles. The van der Waals surface area contributed by atoms with E-state index in [4.69, 9.17) is 9.47 Å².